The number of nitrogens with zero attached hydrogens (tertiary/aromatic N) is 2. The number of ether oxygens (including phenoxy) is 3. The van der Waals surface area contributed by atoms with Gasteiger partial charge in [0.2, 0.25) is 0 Å². The maximum atomic E-state index is 13.8. The monoisotopic (exact) mass is 598 g/mol. The van der Waals surface area contributed by atoms with Crippen molar-refractivity contribution in [3.63, 3.8) is 0 Å². The molecule has 8 nitrogen and oxygen atoms in total. The maximum Gasteiger partial charge on any atom is 0.301 e. The van der Waals surface area contributed by atoms with Crippen LogP contribution in [0.15, 0.2) is 66.2 Å². The lowest BCUT2D eigenvalue weighted by molar-refractivity contribution is -0.132. The van der Waals surface area contributed by atoms with E-state index in [1.54, 1.807) is 12.1 Å². The number of carbonyl (C=O) groups is 2. The van der Waals surface area contributed by atoms with Crippen LogP contribution >= 0.6 is 11.3 Å². The molecule has 43 heavy (non-hydrogen) atoms. The molecule has 0 aliphatic carbocycles. The highest BCUT2D eigenvalue weighted by Crippen LogP contribution is 2.45. The number of fused-ring (bicyclic) bond motifs is 2. The van der Waals surface area contributed by atoms with Gasteiger partial charge in [0.25, 0.3) is 5.78 Å². The summed E-state index contributed by atoms with van der Waals surface area (Å²) >= 11 is 1.30. The van der Waals surface area contributed by atoms with Crippen LogP contribution < -0.4 is 19.1 Å². The topological polar surface area (TPSA) is 98.2 Å². The number of aromatic nitrogens is 1. The Balaban J connectivity index is 1.47. The van der Waals surface area contributed by atoms with Gasteiger partial charge in [0.1, 0.15) is 29.1 Å². The molecule has 0 saturated carbocycles. The van der Waals surface area contributed by atoms with E-state index in [1.165, 1.54) is 16.2 Å². The standard InChI is InChI=1S/C34H34N2O6S/c1-5-40-25-10-11-26-28(18-25)43-34(35-26)36-30(21-7-6-8-24(17-21)41-14-13-19(2)3)29(32(38)33(36)39)31(37)22-9-12-27-23(16-22)15-20(4)42-27/h6-12,16-20,30,37H,5,13-15H2,1-4H3/t20-,30-/m1/s1. The van der Waals surface area contributed by atoms with Crippen molar-refractivity contribution in [3.8, 4) is 17.2 Å². The first kappa shape index (κ1) is 28.7. The molecule has 3 aromatic carbocycles. The summed E-state index contributed by atoms with van der Waals surface area (Å²) in [7, 11) is 0. The summed E-state index contributed by atoms with van der Waals surface area (Å²) in [5.74, 6) is 0.807. The van der Waals surface area contributed by atoms with Crippen molar-refractivity contribution in [2.24, 2.45) is 5.92 Å². The Morgan fingerprint density at radius 3 is 2.70 bits per heavy atom. The normalized spacial score (nSPS) is 19.2. The van der Waals surface area contributed by atoms with E-state index in [0.29, 0.717) is 58.8 Å². The third-order valence-corrected chi connectivity index (χ3v) is 8.63. The van der Waals surface area contributed by atoms with Gasteiger partial charge in [-0.3, -0.25) is 14.5 Å². The summed E-state index contributed by atoms with van der Waals surface area (Å²) in [5.41, 5.74) is 2.72. The summed E-state index contributed by atoms with van der Waals surface area (Å²) in [4.78, 5) is 33.6. The van der Waals surface area contributed by atoms with Crippen LogP contribution in [0.3, 0.4) is 0 Å². The minimum absolute atomic E-state index is 0.00510. The van der Waals surface area contributed by atoms with Crippen LogP contribution in [-0.4, -0.2) is 41.1 Å². The fraction of sp³-hybridized carbons (Fsp3) is 0.324. The Bertz CT molecular complexity index is 1740. The molecule has 1 aromatic heterocycles. The number of thiazole rings is 1. The molecule has 2 aliphatic heterocycles. The number of benzene rings is 3. The summed E-state index contributed by atoms with van der Waals surface area (Å²) in [5, 5.41) is 12.0. The molecule has 1 fully saturated rings. The Kier molecular flexibility index (Phi) is 7.83. The zero-order valence-corrected chi connectivity index (χ0v) is 25.4. The second-order valence-corrected chi connectivity index (χ2v) is 12.3. The molecule has 222 valence electrons. The van der Waals surface area contributed by atoms with Crippen molar-refractivity contribution in [3.05, 3.63) is 82.9 Å². The van der Waals surface area contributed by atoms with Gasteiger partial charge in [-0.25, -0.2) is 4.98 Å². The average molecular weight is 599 g/mol. The summed E-state index contributed by atoms with van der Waals surface area (Å²) in [6.07, 6.45) is 1.61. The van der Waals surface area contributed by atoms with Crippen molar-refractivity contribution in [1.82, 2.24) is 4.98 Å². The van der Waals surface area contributed by atoms with E-state index < -0.39 is 17.7 Å². The molecule has 0 radical (unpaired) electrons. The first-order valence-corrected chi connectivity index (χ1v) is 15.4. The van der Waals surface area contributed by atoms with Gasteiger partial charge in [0, 0.05) is 12.0 Å². The summed E-state index contributed by atoms with van der Waals surface area (Å²) in [6, 6.07) is 17.3. The summed E-state index contributed by atoms with van der Waals surface area (Å²) < 4.78 is 18.3. The predicted molar refractivity (Wildman–Crippen MR) is 167 cm³/mol. The SMILES string of the molecule is CCOc1ccc2nc(N3C(=O)C(=O)C(=C(O)c4ccc5c(c4)C[C@@H](C)O5)[C@H]3c3cccc(OCCC(C)C)c3)sc2c1. The van der Waals surface area contributed by atoms with E-state index in [9.17, 15) is 14.7 Å². The number of aliphatic hydroxyl groups is 1. The van der Waals surface area contributed by atoms with Crippen LogP contribution in [0.1, 0.15) is 56.8 Å². The number of anilines is 1. The van der Waals surface area contributed by atoms with Gasteiger partial charge in [0.15, 0.2) is 5.13 Å². The number of ketones is 1. The van der Waals surface area contributed by atoms with Crippen LogP contribution in [0.5, 0.6) is 17.2 Å². The number of aliphatic hydroxyl groups excluding tert-OH is 1. The van der Waals surface area contributed by atoms with Crippen LogP contribution in [0.2, 0.25) is 0 Å². The molecular weight excluding hydrogens is 564 g/mol. The second kappa shape index (κ2) is 11.7. The minimum atomic E-state index is -0.913. The summed E-state index contributed by atoms with van der Waals surface area (Å²) in [6.45, 7) is 9.22. The van der Waals surface area contributed by atoms with Gasteiger partial charge in [-0.05, 0) is 85.8 Å². The van der Waals surface area contributed by atoms with Crippen LogP contribution in [0, 0.1) is 5.92 Å². The number of Topliss-reactive ketones (excluding diaryl/α,β-unsaturated/α-hetero) is 1. The molecule has 0 bridgehead atoms. The van der Waals surface area contributed by atoms with E-state index in [1.807, 2.05) is 62.4 Å². The van der Waals surface area contributed by atoms with E-state index in [0.717, 1.165) is 22.4 Å². The van der Waals surface area contributed by atoms with Gasteiger partial charge in [-0.1, -0.05) is 37.3 Å². The predicted octanol–water partition coefficient (Wildman–Crippen LogP) is 7.07. The van der Waals surface area contributed by atoms with Gasteiger partial charge >= 0.3 is 5.91 Å². The zero-order valence-electron chi connectivity index (χ0n) is 24.6. The van der Waals surface area contributed by atoms with Crippen LogP contribution in [0.25, 0.3) is 16.0 Å². The van der Waals surface area contributed by atoms with E-state index in [2.05, 4.69) is 13.8 Å². The van der Waals surface area contributed by atoms with E-state index >= 15 is 0 Å². The highest BCUT2D eigenvalue weighted by Gasteiger charge is 2.48. The Morgan fingerprint density at radius 2 is 1.91 bits per heavy atom. The Morgan fingerprint density at radius 1 is 1.09 bits per heavy atom. The van der Waals surface area contributed by atoms with Gasteiger partial charge < -0.3 is 19.3 Å². The van der Waals surface area contributed by atoms with Crippen molar-refractivity contribution < 1.29 is 28.9 Å². The van der Waals surface area contributed by atoms with Crippen molar-refractivity contribution in [2.75, 3.05) is 18.1 Å². The fourth-order valence-corrected chi connectivity index (χ4v) is 6.53. The molecule has 4 aromatic rings. The maximum absolute atomic E-state index is 13.8. The second-order valence-electron chi connectivity index (χ2n) is 11.3. The molecule has 1 saturated heterocycles. The molecule has 1 N–H and O–H groups in total. The Hall–Kier alpha value is -4.37. The molecule has 3 heterocycles. The molecule has 1 amide bonds. The third kappa shape index (κ3) is 5.57. The smallest absolute Gasteiger partial charge is 0.301 e. The zero-order chi connectivity index (χ0) is 30.2. The van der Waals surface area contributed by atoms with Gasteiger partial charge in [-0.2, -0.15) is 0 Å². The molecule has 9 heteroatoms. The number of carbonyl (C=O) groups excluding carboxylic acids is 2. The lowest BCUT2D eigenvalue weighted by Gasteiger charge is -2.23. The van der Waals surface area contributed by atoms with E-state index in [4.69, 9.17) is 19.2 Å². The average Bonchev–Trinajstić information content (AvgIpc) is 3.64. The molecule has 2 aliphatic rings. The largest absolute Gasteiger partial charge is 0.507 e. The first-order valence-electron chi connectivity index (χ1n) is 14.6. The number of hydrogen-bond donors (Lipinski definition) is 1. The highest BCUT2D eigenvalue weighted by atomic mass is 32.1. The highest BCUT2D eigenvalue weighted by molar-refractivity contribution is 7.22. The van der Waals surface area contributed by atoms with Crippen LogP contribution in [0.4, 0.5) is 5.13 Å². The van der Waals surface area contributed by atoms with Gasteiger partial charge in [0.05, 0.1) is 35.0 Å². The quantitative estimate of drug-likeness (QED) is 0.125. The Labute approximate surface area is 254 Å². The molecule has 2 atom stereocenters. The number of amides is 1. The lowest BCUT2D eigenvalue weighted by atomic mass is 9.94. The molecule has 0 spiro atoms. The minimum Gasteiger partial charge on any atom is -0.507 e. The lowest BCUT2D eigenvalue weighted by Crippen LogP contribution is -2.29. The van der Waals surface area contributed by atoms with Crippen LogP contribution in [-0.2, 0) is 16.0 Å². The van der Waals surface area contributed by atoms with Crippen molar-refractivity contribution >= 4 is 44.1 Å². The van der Waals surface area contributed by atoms with Crippen molar-refractivity contribution in [2.45, 2.75) is 52.7 Å². The van der Waals surface area contributed by atoms with E-state index in [-0.39, 0.29) is 17.4 Å². The third-order valence-electron chi connectivity index (χ3n) is 7.62. The molecule has 0 unspecified atom stereocenters. The number of rotatable bonds is 9. The first-order chi connectivity index (χ1) is 20.7. The fourth-order valence-electron chi connectivity index (χ4n) is 5.51. The van der Waals surface area contributed by atoms with Crippen molar-refractivity contribution in [1.29, 1.82) is 0 Å². The molecule has 6 rings (SSSR count). The number of hydrogen-bond acceptors (Lipinski definition) is 8. The van der Waals surface area contributed by atoms with Gasteiger partial charge in [-0.15, -0.1) is 0 Å². The molecular formula is C34H34N2O6S.